The van der Waals surface area contributed by atoms with E-state index >= 15 is 0 Å². The number of ether oxygens (including phenoxy) is 1. The first kappa shape index (κ1) is 18.9. The number of carbonyl (C=O) groups excluding carboxylic acids is 1. The summed E-state index contributed by atoms with van der Waals surface area (Å²) < 4.78 is 34.4. The highest BCUT2D eigenvalue weighted by Gasteiger charge is 2.31. The Labute approximate surface area is 163 Å². The van der Waals surface area contributed by atoms with E-state index in [9.17, 15) is 13.2 Å². The van der Waals surface area contributed by atoms with Crippen LogP contribution in [0.1, 0.15) is 30.7 Å². The zero-order chi connectivity index (χ0) is 19.7. The van der Waals surface area contributed by atoms with Crippen molar-refractivity contribution in [3.8, 4) is 5.75 Å². The molecule has 1 fully saturated rings. The summed E-state index contributed by atoms with van der Waals surface area (Å²) in [5.74, 6) is 0.494. The van der Waals surface area contributed by atoms with E-state index in [4.69, 9.17) is 4.74 Å². The molecule has 9 nitrogen and oxygen atoms in total. The first-order valence-corrected chi connectivity index (χ1v) is 10.8. The predicted octanol–water partition coefficient (Wildman–Crippen LogP) is 0.702. The summed E-state index contributed by atoms with van der Waals surface area (Å²) in [7, 11) is -2.16. The van der Waals surface area contributed by atoms with Gasteiger partial charge in [-0.3, -0.25) is 4.79 Å². The van der Waals surface area contributed by atoms with Crippen LogP contribution in [0.5, 0.6) is 5.75 Å². The molecule has 0 radical (unpaired) electrons. The number of nitrogens with one attached hydrogen (secondary N) is 1. The number of nitrogens with zero attached hydrogens (tertiary/aromatic N) is 4. The van der Waals surface area contributed by atoms with Crippen LogP contribution in [0.4, 0.5) is 0 Å². The van der Waals surface area contributed by atoms with Gasteiger partial charge in [0.1, 0.15) is 5.75 Å². The minimum atomic E-state index is -3.67. The van der Waals surface area contributed by atoms with Gasteiger partial charge in [0.2, 0.25) is 15.9 Å². The van der Waals surface area contributed by atoms with Crippen molar-refractivity contribution in [2.45, 2.75) is 49.7 Å². The normalized spacial score (nSPS) is 17.2. The number of rotatable bonds is 7. The van der Waals surface area contributed by atoms with Crippen molar-refractivity contribution in [2.75, 3.05) is 13.7 Å². The molecule has 2 heterocycles. The van der Waals surface area contributed by atoms with Gasteiger partial charge in [0.15, 0.2) is 0 Å². The highest BCUT2D eigenvalue weighted by Crippen LogP contribution is 2.25. The van der Waals surface area contributed by atoms with E-state index in [1.165, 1.54) is 17.5 Å². The molecule has 0 saturated heterocycles. The van der Waals surface area contributed by atoms with Crippen LogP contribution in [0.2, 0.25) is 0 Å². The van der Waals surface area contributed by atoms with Gasteiger partial charge in [-0.1, -0.05) is 11.3 Å². The average Bonchev–Trinajstić information content (AvgIpc) is 3.42. The molecule has 150 valence electrons. The molecule has 1 aliphatic heterocycles. The molecule has 1 amide bonds. The molecule has 1 N–H and O–H groups in total. The summed E-state index contributed by atoms with van der Waals surface area (Å²) in [6.45, 7) is 0.934. The quantitative estimate of drug-likeness (QED) is 0.727. The highest BCUT2D eigenvalue weighted by molar-refractivity contribution is 7.89. The van der Waals surface area contributed by atoms with E-state index in [0.717, 1.165) is 18.5 Å². The van der Waals surface area contributed by atoms with Gasteiger partial charge in [0.25, 0.3) is 0 Å². The summed E-state index contributed by atoms with van der Waals surface area (Å²) >= 11 is 0. The Morgan fingerprint density at radius 3 is 2.89 bits per heavy atom. The number of hydrogen-bond donors (Lipinski definition) is 1. The van der Waals surface area contributed by atoms with Gasteiger partial charge in [-0.05, 0) is 25.0 Å². The Bertz CT molecular complexity index is 984. The van der Waals surface area contributed by atoms with Crippen molar-refractivity contribution in [1.29, 1.82) is 0 Å². The SMILES string of the molecule is COc1cccc(S(=O)(=O)N2CCn3nnc(CCC(=O)NC4CC4)c3C2)c1. The number of methoxy groups -OCH3 is 1. The molecule has 0 atom stereocenters. The number of sulfonamides is 1. The van der Waals surface area contributed by atoms with E-state index < -0.39 is 10.0 Å². The van der Waals surface area contributed by atoms with Crippen molar-refractivity contribution in [3.63, 3.8) is 0 Å². The first-order valence-electron chi connectivity index (χ1n) is 9.32. The topological polar surface area (TPSA) is 106 Å². The van der Waals surface area contributed by atoms with Crippen molar-refractivity contribution in [1.82, 2.24) is 24.6 Å². The Hall–Kier alpha value is -2.46. The second-order valence-corrected chi connectivity index (χ2v) is 9.00. The zero-order valence-corrected chi connectivity index (χ0v) is 16.5. The molecule has 0 spiro atoms. The molecule has 1 saturated carbocycles. The summed E-state index contributed by atoms with van der Waals surface area (Å²) in [6, 6.07) is 6.77. The average molecular weight is 405 g/mol. The summed E-state index contributed by atoms with van der Waals surface area (Å²) in [6.07, 6.45) is 2.86. The van der Waals surface area contributed by atoms with E-state index in [0.29, 0.717) is 43.4 Å². The molecule has 10 heteroatoms. The summed E-state index contributed by atoms with van der Waals surface area (Å²) in [5.41, 5.74) is 1.42. The molecule has 0 bridgehead atoms. The fourth-order valence-electron chi connectivity index (χ4n) is 3.24. The van der Waals surface area contributed by atoms with Crippen molar-refractivity contribution in [3.05, 3.63) is 35.7 Å². The van der Waals surface area contributed by atoms with Crippen LogP contribution in [0.3, 0.4) is 0 Å². The molecule has 4 rings (SSSR count). The molecule has 2 aliphatic rings. The molecule has 2 aromatic rings. The molecule has 0 unspecified atom stereocenters. The molecule has 1 aromatic carbocycles. The van der Waals surface area contributed by atoms with Crippen LogP contribution >= 0.6 is 0 Å². The third-order valence-electron chi connectivity index (χ3n) is 5.02. The maximum Gasteiger partial charge on any atom is 0.243 e. The third kappa shape index (κ3) is 3.88. The van der Waals surface area contributed by atoms with Crippen LogP contribution in [0.25, 0.3) is 0 Å². The van der Waals surface area contributed by atoms with Crippen LogP contribution in [0, 0.1) is 0 Å². The van der Waals surface area contributed by atoms with Gasteiger partial charge >= 0.3 is 0 Å². The molecular formula is C18H23N5O4S. The molecule has 1 aliphatic carbocycles. The lowest BCUT2D eigenvalue weighted by Crippen LogP contribution is -2.38. The fraction of sp³-hybridized carbons (Fsp3) is 0.500. The number of benzene rings is 1. The lowest BCUT2D eigenvalue weighted by molar-refractivity contribution is -0.121. The highest BCUT2D eigenvalue weighted by atomic mass is 32.2. The zero-order valence-electron chi connectivity index (χ0n) is 15.7. The number of amides is 1. The second-order valence-electron chi connectivity index (χ2n) is 7.07. The Kier molecular flexibility index (Phi) is 5.07. The second kappa shape index (κ2) is 7.51. The van der Waals surface area contributed by atoms with Crippen LogP contribution < -0.4 is 10.1 Å². The predicted molar refractivity (Wildman–Crippen MR) is 100 cm³/mol. The van der Waals surface area contributed by atoms with E-state index in [1.807, 2.05) is 0 Å². The number of aryl methyl sites for hydroxylation is 1. The smallest absolute Gasteiger partial charge is 0.243 e. The Balaban J connectivity index is 1.48. The number of aromatic nitrogens is 3. The summed E-state index contributed by atoms with van der Waals surface area (Å²) in [4.78, 5) is 12.1. The van der Waals surface area contributed by atoms with Gasteiger partial charge in [-0.25, -0.2) is 13.1 Å². The molecule has 1 aromatic heterocycles. The van der Waals surface area contributed by atoms with Crippen molar-refractivity contribution >= 4 is 15.9 Å². The van der Waals surface area contributed by atoms with Crippen molar-refractivity contribution < 1.29 is 17.9 Å². The standard InChI is InChI=1S/C18H23N5O4S/c1-27-14-3-2-4-15(11-14)28(25,26)22-9-10-23-17(12-22)16(20-21-23)7-8-18(24)19-13-5-6-13/h2-4,11,13H,5-10,12H2,1H3,(H,19,24). The lowest BCUT2D eigenvalue weighted by atomic mass is 10.1. The van der Waals surface area contributed by atoms with Crippen LogP contribution in [0.15, 0.2) is 29.2 Å². The largest absolute Gasteiger partial charge is 0.497 e. The summed E-state index contributed by atoms with van der Waals surface area (Å²) in [5, 5.41) is 11.2. The third-order valence-corrected chi connectivity index (χ3v) is 6.86. The van der Waals surface area contributed by atoms with Gasteiger partial charge in [0.05, 0.1) is 36.5 Å². The number of fused-ring (bicyclic) bond motifs is 1. The van der Waals surface area contributed by atoms with Gasteiger partial charge in [0, 0.05) is 31.5 Å². The Morgan fingerprint density at radius 2 is 2.14 bits per heavy atom. The van der Waals surface area contributed by atoms with Gasteiger partial charge in [-0.2, -0.15) is 4.31 Å². The first-order chi connectivity index (χ1) is 13.5. The molecular weight excluding hydrogens is 382 g/mol. The lowest BCUT2D eigenvalue weighted by Gasteiger charge is -2.27. The van der Waals surface area contributed by atoms with Crippen molar-refractivity contribution in [2.24, 2.45) is 0 Å². The van der Waals surface area contributed by atoms with E-state index in [-0.39, 0.29) is 17.3 Å². The van der Waals surface area contributed by atoms with Gasteiger partial charge < -0.3 is 10.1 Å². The maximum atomic E-state index is 13.0. The van der Waals surface area contributed by atoms with Crippen LogP contribution in [-0.4, -0.2) is 53.3 Å². The Morgan fingerprint density at radius 1 is 1.32 bits per heavy atom. The van der Waals surface area contributed by atoms with Gasteiger partial charge in [-0.15, -0.1) is 5.10 Å². The molecule has 28 heavy (non-hydrogen) atoms. The fourth-order valence-corrected chi connectivity index (χ4v) is 4.67. The monoisotopic (exact) mass is 405 g/mol. The number of carbonyl (C=O) groups is 1. The van der Waals surface area contributed by atoms with E-state index in [2.05, 4.69) is 15.6 Å². The van der Waals surface area contributed by atoms with Crippen LogP contribution in [-0.2, 0) is 34.3 Å². The number of hydrogen-bond acceptors (Lipinski definition) is 6. The van der Waals surface area contributed by atoms with E-state index in [1.54, 1.807) is 22.9 Å². The maximum absolute atomic E-state index is 13.0. The minimum Gasteiger partial charge on any atom is -0.497 e. The minimum absolute atomic E-state index is 0.000850.